The molecule has 0 saturated heterocycles. The summed E-state index contributed by atoms with van der Waals surface area (Å²) in [6.45, 7) is 4.22. The highest BCUT2D eigenvalue weighted by atomic mass is 79.9. The van der Waals surface area contributed by atoms with Gasteiger partial charge in [-0.05, 0) is 47.1 Å². The fraction of sp³-hybridized carbons (Fsp3) is 0.385. The Labute approximate surface area is 105 Å². The van der Waals surface area contributed by atoms with E-state index in [9.17, 15) is 0 Å². The van der Waals surface area contributed by atoms with Gasteiger partial charge in [0.05, 0.1) is 5.52 Å². The number of rotatable bonds is 4. The zero-order chi connectivity index (χ0) is 11.5. The van der Waals surface area contributed by atoms with Crippen molar-refractivity contribution in [2.75, 3.05) is 13.1 Å². The SMILES string of the molecule is CCNCCc1cn(C)c2c(Br)cccc12. The lowest BCUT2D eigenvalue weighted by molar-refractivity contribution is 0.717. The minimum Gasteiger partial charge on any atom is -0.349 e. The van der Waals surface area contributed by atoms with Crippen LogP contribution in [0.1, 0.15) is 12.5 Å². The summed E-state index contributed by atoms with van der Waals surface area (Å²) in [6.07, 6.45) is 3.31. The molecule has 86 valence electrons. The van der Waals surface area contributed by atoms with Gasteiger partial charge in [0.25, 0.3) is 0 Å². The van der Waals surface area contributed by atoms with Crippen molar-refractivity contribution < 1.29 is 0 Å². The van der Waals surface area contributed by atoms with Crippen LogP contribution in [0, 0.1) is 0 Å². The minimum absolute atomic E-state index is 1.04. The maximum Gasteiger partial charge on any atom is 0.0624 e. The van der Waals surface area contributed by atoms with Crippen molar-refractivity contribution in [3.05, 3.63) is 34.4 Å². The van der Waals surface area contributed by atoms with Gasteiger partial charge in [0.15, 0.2) is 0 Å². The van der Waals surface area contributed by atoms with Gasteiger partial charge in [-0.15, -0.1) is 0 Å². The number of fused-ring (bicyclic) bond motifs is 1. The van der Waals surface area contributed by atoms with E-state index < -0.39 is 0 Å². The molecular weight excluding hydrogens is 264 g/mol. The lowest BCUT2D eigenvalue weighted by atomic mass is 10.1. The molecular formula is C13H17BrN2. The third-order valence-corrected chi connectivity index (χ3v) is 3.50. The number of nitrogens with zero attached hydrogens (tertiary/aromatic N) is 1. The van der Waals surface area contributed by atoms with E-state index in [1.54, 1.807) is 0 Å². The van der Waals surface area contributed by atoms with Crippen LogP contribution in [0.2, 0.25) is 0 Å². The molecule has 0 saturated carbocycles. The molecule has 1 N–H and O–H groups in total. The number of hydrogen-bond acceptors (Lipinski definition) is 1. The van der Waals surface area contributed by atoms with Gasteiger partial charge in [0, 0.05) is 23.1 Å². The highest BCUT2D eigenvalue weighted by Gasteiger charge is 2.08. The Morgan fingerprint density at radius 1 is 1.38 bits per heavy atom. The van der Waals surface area contributed by atoms with Crippen LogP contribution in [0.3, 0.4) is 0 Å². The van der Waals surface area contributed by atoms with E-state index in [2.05, 4.69) is 64.2 Å². The number of halogens is 1. The van der Waals surface area contributed by atoms with Crippen LogP contribution in [0.25, 0.3) is 10.9 Å². The van der Waals surface area contributed by atoms with Crippen molar-refractivity contribution in [1.29, 1.82) is 0 Å². The molecule has 3 heteroatoms. The van der Waals surface area contributed by atoms with Gasteiger partial charge in [-0.1, -0.05) is 19.1 Å². The summed E-state index contributed by atoms with van der Waals surface area (Å²) in [5.74, 6) is 0. The molecule has 2 aromatic rings. The first-order valence-corrected chi connectivity index (χ1v) is 6.46. The fourth-order valence-corrected chi connectivity index (χ4v) is 2.75. The highest BCUT2D eigenvalue weighted by molar-refractivity contribution is 9.10. The second-order valence-electron chi connectivity index (χ2n) is 4.00. The topological polar surface area (TPSA) is 17.0 Å². The van der Waals surface area contributed by atoms with Crippen LogP contribution >= 0.6 is 15.9 Å². The van der Waals surface area contributed by atoms with Crippen LogP contribution in [0.4, 0.5) is 0 Å². The molecule has 0 radical (unpaired) electrons. The van der Waals surface area contributed by atoms with Gasteiger partial charge in [-0.25, -0.2) is 0 Å². The monoisotopic (exact) mass is 280 g/mol. The summed E-state index contributed by atoms with van der Waals surface area (Å²) in [5, 5.41) is 4.72. The number of nitrogens with one attached hydrogen (secondary N) is 1. The normalized spacial score (nSPS) is 11.2. The third-order valence-electron chi connectivity index (χ3n) is 2.86. The summed E-state index contributed by atoms with van der Waals surface area (Å²) in [7, 11) is 2.10. The minimum atomic E-state index is 1.04. The van der Waals surface area contributed by atoms with Crippen LogP contribution in [-0.4, -0.2) is 17.7 Å². The molecule has 0 unspecified atom stereocenters. The fourth-order valence-electron chi connectivity index (χ4n) is 2.10. The Bertz CT molecular complexity index is 488. The van der Waals surface area contributed by atoms with Gasteiger partial charge >= 0.3 is 0 Å². The average Bonchev–Trinajstić information content (AvgIpc) is 2.58. The lowest BCUT2D eigenvalue weighted by Crippen LogP contribution is -2.15. The summed E-state index contributed by atoms with van der Waals surface area (Å²) in [5.41, 5.74) is 2.70. The Morgan fingerprint density at radius 3 is 2.94 bits per heavy atom. The Morgan fingerprint density at radius 2 is 2.19 bits per heavy atom. The Balaban J connectivity index is 2.36. The standard InChI is InChI=1S/C13H17BrN2/c1-3-15-8-7-10-9-16(2)13-11(10)5-4-6-12(13)14/h4-6,9,15H,3,7-8H2,1-2H3. The summed E-state index contributed by atoms with van der Waals surface area (Å²) >= 11 is 3.61. The van der Waals surface area contributed by atoms with E-state index in [0.29, 0.717) is 0 Å². The lowest BCUT2D eigenvalue weighted by Gasteiger charge is -2.00. The molecule has 2 nitrogen and oxygen atoms in total. The molecule has 1 heterocycles. The molecule has 0 bridgehead atoms. The van der Waals surface area contributed by atoms with Gasteiger partial charge in [-0.2, -0.15) is 0 Å². The number of aromatic nitrogens is 1. The first-order chi connectivity index (χ1) is 7.74. The predicted molar refractivity (Wildman–Crippen MR) is 72.9 cm³/mol. The van der Waals surface area contributed by atoms with E-state index in [1.165, 1.54) is 20.9 Å². The van der Waals surface area contributed by atoms with E-state index in [-0.39, 0.29) is 0 Å². The van der Waals surface area contributed by atoms with Crippen molar-refractivity contribution in [3.8, 4) is 0 Å². The Kier molecular flexibility index (Phi) is 3.66. The molecule has 2 rings (SSSR count). The zero-order valence-electron chi connectivity index (χ0n) is 9.76. The molecule has 0 amide bonds. The molecule has 1 aromatic heterocycles. The largest absolute Gasteiger partial charge is 0.349 e. The Hall–Kier alpha value is -0.800. The average molecular weight is 281 g/mol. The van der Waals surface area contributed by atoms with E-state index in [1.807, 2.05) is 0 Å². The van der Waals surface area contributed by atoms with Gasteiger partial charge in [0.2, 0.25) is 0 Å². The number of aryl methyl sites for hydroxylation is 1. The van der Waals surface area contributed by atoms with Gasteiger partial charge in [-0.3, -0.25) is 0 Å². The quantitative estimate of drug-likeness (QED) is 0.852. The number of likely N-dealkylation sites (N-methyl/N-ethyl adjacent to an activating group) is 1. The molecule has 0 atom stereocenters. The van der Waals surface area contributed by atoms with Gasteiger partial charge < -0.3 is 9.88 Å². The van der Waals surface area contributed by atoms with Crippen molar-refractivity contribution in [2.45, 2.75) is 13.3 Å². The van der Waals surface area contributed by atoms with E-state index >= 15 is 0 Å². The van der Waals surface area contributed by atoms with Crippen LogP contribution in [0.15, 0.2) is 28.9 Å². The second kappa shape index (κ2) is 5.02. The predicted octanol–water partition coefficient (Wildman–Crippen LogP) is 3.09. The molecule has 0 spiro atoms. The molecule has 0 aliphatic carbocycles. The van der Waals surface area contributed by atoms with Gasteiger partial charge in [0.1, 0.15) is 0 Å². The number of para-hydroxylation sites is 1. The summed E-state index contributed by atoms with van der Waals surface area (Å²) in [6, 6.07) is 6.39. The molecule has 1 aromatic carbocycles. The van der Waals surface area contributed by atoms with Crippen molar-refractivity contribution in [3.63, 3.8) is 0 Å². The van der Waals surface area contributed by atoms with E-state index in [0.717, 1.165) is 19.5 Å². The van der Waals surface area contributed by atoms with Crippen molar-refractivity contribution in [1.82, 2.24) is 9.88 Å². The van der Waals surface area contributed by atoms with Crippen LogP contribution in [-0.2, 0) is 13.5 Å². The van der Waals surface area contributed by atoms with Crippen LogP contribution < -0.4 is 5.32 Å². The smallest absolute Gasteiger partial charge is 0.0624 e. The third kappa shape index (κ3) is 2.15. The highest BCUT2D eigenvalue weighted by Crippen LogP contribution is 2.27. The summed E-state index contributed by atoms with van der Waals surface area (Å²) < 4.78 is 3.36. The maximum atomic E-state index is 3.61. The number of benzene rings is 1. The number of hydrogen-bond donors (Lipinski definition) is 1. The molecule has 0 fully saturated rings. The summed E-state index contributed by atoms with van der Waals surface area (Å²) in [4.78, 5) is 0. The first-order valence-electron chi connectivity index (χ1n) is 5.67. The molecule has 0 aliphatic heterocycles. The van der Waals surface area contributed by atoms with Crippen LogP contribution in [0.5, 0.6) is 0 Å². The van der Waals surface area contributed by atoms with Crippen molar-refractivity contribution >= 4 is 26.8 Å². The first kappa shape index (κ1) is 11.7. The van der Waals surface area contributed by atoms with E-state index in [4.69, 9.17) is 0 Å². The van der Waals surface area contributed by atoms with Crippen molar-refractivity contribution in [2.24, 2.45) is 7.05 Å². The zero-order valence-corrected chi connectivity index (χ0v) is 11.3. The molecule has 16 heavy (non-hydrogen) atoms. The second-order valence-corrected chi connectivity index (χ2v) is 4.86. The molecule has 0 aliphatic rings. The maximum absolute atomic E-state index is 3.61.